The summed E-state index contributed by atoms with van der Waals surface area (Å²) in [5.41, 5.74) is 1.34. The Bertz CT molecular complexity index is 1060. The molecule has 0 radical (unpaired) electrons. The van der Waals surface area contributed by atoms with Crippen LogP contribution in [0.3, 0.4) is 0 Å². The first-order valence-corrected chi connectivity index (χ1v) is 12.1. The Morgan fingerprint density at radius 1 is 1.00 bits per heavy atom. The van der Waals surface area contributed by atoms with Gasteiger partial charge < -0.3 is 8.92 Å². The van der Waals surface area contributed by atoms with Crippen molar-refractivity contribution in [2.45, 2.75) is 26.4 Å². The molecule has 0 aliphatic heterocycles. The van der Waals surface area contributed by atoms with E-state index in [0.29, 0.717) is 5.56 Å². The molecule has 0 saturated heterocycles. The zero-order valence-electron chi connectivity index (χ0n) is 16.8. The van der Waals surface area contributed by atoms with Crippen LogP contribution in [0.25, 0.3) is 6.08 Å². The smallest absolute Gasteiger partial charge is 0.306 e. The summed E-state index contributed by atoms with van der Waals surface area (Å²) in [4.78, 5) is 0. The highest BCUT2D eigenvalue weighted by Gasteiger charge is 2.23. The van der Waals surface area contributed by atoms with E-state index < -0.39 is 20.1 Å². The lowest BCUT2D eigenvalue weighted by Crippen LogP contribution is -2.35. The Morgan fingerprint density at radius 3 is 2.21 bits per heavy atom. The molecule has 0 atom stereocenters. The fraction of sp³-hybridized carbons (Fsp3) is 0.300. The molecule has 0 unspecified atom stereocenters. The van der Waals surface area contributed by atoms with Gasteiger partial charge in [0.05, 0.1) is 13.4 Å². The quantitative estimate of drug-likeness (QED) is 0.557. The molecular formula is C20H25NO6S2. The van der Waals surface area contributed by atoms with Crippen LogP contribution in [0.15, 0.2) is 53.9 Å². The molecule has 7 nitrogen and oxygen atoms in total. The first kappa shape index (κ1) is 22.9. The average Bonchev–Trinajstić information content (AvgIpc) is 2.64. The highest BCUT2D eigenvalue weighted by atomic mass is 32.2. The number of hydrogen-bond donors (Lipinski definition) is 0. The highest BCUT2D eigenvalue weighted by Crippen LogP contribution is 2.30. The summed E-state index contributed by atoms with van der Waals surface area (Å²) in [5, 5.41) is 1.17. The van der Waals surface area contributed by atoms with Gasteiger partial charge in [0, 0.05) is 18.0 Å². The van der Waals surface area contributed by atoms with E-state index >= 15 is 0 Å². The van der Waals surface area contributed by atoms with Crippen LogP contribution in [0.1, 0.15) is 25.0 Å². The zero-order valence-corrected chi connectivity index (χ0v) is 18.4. The summed E-state index contributed by atoms with van der Waals surface area (Å²) in [6, 6.07) is 13.5. The summed E-state index contributed by atoms with van der Waals surface area (Å²) in [5.74, 6) is 0.246. The van der Waals surface area contributed by atoms with Crippen molar-refractivity contribution in [1.82, 2.24) is 4.31 Å². The first-order chi connectivity index (χ1) is 13.5. The predicted molar refractivity (Wildman–Crippen MR) is 114 cm³/mol. The summed E-state index contributed by atoms with van der Waals surface area (Å²) in [6.07, 6.45) is 2.47. The monoisotopic (exact) mass is 439 g/mol. The van der Waals surface area contributed by atoms with Gasteiger partial charge in [-0.15, -0.1) is 0 Å². The lowest BCUT2D eigenvalue weighted by molar-refractivity contribution is 0.351. The second kappa shape index (κ2) is 9.43. The molecule has 0 aliphatic rings. The van der Waals surface area contributed by atoms with Crippen molar-refractivity contribution in [3.63, 3.8) is 0 Å². The van der Waals surface area contributed by atoms with Crippen molar-refractivity contribution in [3.05, 3.63) is 65.1 Å². The second-order valence-corrected chi connectivity index (χ2v) is 10.0. The number of rotatable bonds is 9. The van der Waals surface area contributed by atoms with Crippen LogP contribution < -0.4 is 8.92 Å². The van der Waals surface area contributed by atoms with Crippen molar-refractivity contribution in [2.75, 3.05) is 13.4 Å². The van der Waals surface area contributed by atoms with Crippen molar-refractivity contribution < 1.29 is 25.8 Å². The Kier molecular flexibility index (Phi) is 7.45. The normalized spacial score (nSPS) is 12.6. The van der Waals surface area contributed by atoms with Gasteiger partial charge in [0.15, 0.2) is 11.5 Å². The number of methoxy groups -OCH3 is 1. The van der Waals surface area contributed by atoms with Crippen LogP contribution in [0, 0.1) is 0 Å². The molecule has 0 heterocycles. The fourth-order valence-corrected chi connectivity index (χ4v) is 4.46. The molecule has 2 rings (SSSR count). The van der Waals surface area contributed by atoms with E-state index in [1.54, 1.807) is 26.0 Å². The van der Waals surface area contributed by atoms with Crippen LogP contribution in [0.5, 0.6) is 11.5 Å². The number of benzene rings is 2. The lowest BCUT2D eigenvalue weighted by Gasteiger charge is -2.24. The van der Waals surface area contributed by atoms with Crippen LogP contribution in [-0.4, -0.2) is 40.5 Å². The molecule has 158 valence electrons. The van der Waals surface area contributed by atoms with Crippen molar-refractivity contribution >= 4 is 26.2 Å². The van der Waals surface area contributed by atoms with Gasteiger partial charge in [-0.3, -0.25) is 0 Å². The number of nitrogens with zero attached hydrogens (tertiary/aromatic N) is 1. The maximum Gasteiger partial charge on any atom is 0.306 e. The third-order valence-corrected chi connectivity index (χ3v) is 6.11. The molecular weight excluding hydrogens is 414 g/mol. The summed E-state index contributed by atoms with van der Waals surface area (Å²) >= 11 is 0. The largest absolute Gasteiger partial charge is 0.493 e. The van der Waals surface area contributed by atoms with E-state index in [9.17, 15) is 16.8 Å². The molecule has 29 heavy (non-hydrogen) atoms. The van der Waals surface area contributed by atoms with Gasteiger partial charge in [0.1, 0.15) is 0 Å². The van der Waals surface area contributed by atoms with E-state index in [1.165, 1.54) is 29.0 Å². The van der Waals surface area contributed by atoms with Crippen molar-refractivity contribution in [2.24, 2.45) is 0 Å². The average molecular weight is 440 g/mol. The Balaban J connectivity index is 2.32. The standard InChI is InChI=1S/C20H25NO6S2/c1-16(2)21(29(24,25)13-12-17-8-6-5-7-9-17)15-18-10-11-19(26-3)20(14-18)27-28(4,22)23/h5-14,16H,15H2,1-4H3/b13-12+. The van der Waals surface area contributed by atoms with Crippen LogP contribution in [-0.2, 0) is 26.7 Å². The molecule has 0 fully saturated rings. The van der Waals surface area contributed by atoms with Gasteiger partial charge in [-0.05, 0) is 43.2 Å². The van der Waals surface area contributed by atoms with Crippen LogP contribution in [0.4, 0.5) is 0 Å². The van der Waals surface area contributed by atoms with Gasteiger partial charge in [-0.2, -0.15) is 12.7 Å². The van der Waals surface area contributed by atoms with Gasteiger partial charge in [0.2, 0.25) is 10.0 Å². The van der Waals surface area contributed by atoms with Crippen molar-refractivity contribution in [1.29, 1.82) is 0 Å². The van der Waals surface area contributed by atoms with Gasteiger partial charge in [-0.1, -0.05) is 36.4 Å². The molecule has 0 amide bonds. The first-order valence-electron chi connectivity index (χ1n) is 8.83. The molecule has 2 aromatic carbocycles. The fourth-order valence-electron chi connectivity index (χ4n) is 2.60. The molecule has 0 saturated carbocycles. The molecule has 0 aromatic heterocycles. The van der Waals surface area contributed by atoms with E-state index in [0.717, 1.165) is 11.8 Å². The van der Waals surface area contributed by atoms with Gasteiger partial charge >= 0.3 is 10.1 Å². The predicted octanol–water partition coefficient (Wildman–Crippen LogP) is 3.24. The Hall–Kier alpha value is -2.36. The summed E-state index contributed by atoms with van der Waals surface area (Å²) in [7, 11) is -6.09. The second-order valence-electron chi connectivity index (χ2n) is 6.67. The topological polar surface area (TPSA) is 90.0 Å². The van der Waals surface area contributed by atoms with E-state index in [1.807, 2.05) is 30.3 Å². The molecule has 0 aliphatic carbocycles. The number of ether oxygens (including phenoxy) is 1. The third kappa shape index (κ3) is 6.88. The SMILES string of the molecule is COc1ccc(CN(C(C)C)S(=O)(=O)/C=C/c2ccccc2)cc1OS(C)(=O)=O. The minimum atomic E-state index is -3.76. The Morgan fingerprint density at radius 2 is 1.66 bits per heavy atom. The van der Waals surface area contributed by atoms with Crippen LogP contribution in [0.2, 0.25) is 0 Å². The molecule has 2 aromatic rings. The number of sulfonamides is 1. The minimum absolute atomic E-state index is 0.00781. The number of hydrogen-bond acceptors (Lipinski definition) is 6. The highest BCUT2D eigenvalue weighted by molar-refractivity contribution is 7.92. The Labute approximate surface area is 172 Å². The maximum atomic E-state index is 12.9. The lowest BCUT2D eigenvalue weighted by atomic mass is 10.2. The summed E-state index contributed by atoms with van der Waals surface area (Å²) < 4.78 is 60.1. The minimum Gasteiger partial charge on any atom is -0.493 e. The van der Waals surface area contributed by atoms with Gasteiger partial charge in [-0.25, -0.2) is 8.42 Å². The van der Waals surface area contributed by atoms with Gasteiger partial charge in [0.25, 0.3) is 0 Å². The van der Waals surface area contributed by atoms with E-state index in [2.05, 4.69) is 0 Å². The zero-order chi connectivity index (χ0) is 21.7. The molecule has 0 N–H and O–H groups in total. The van der Waals surface area contributed by atoms with Crippen molar-refractivity contribution in [3.8, 4) is 11.5 Å². The molecule has 9 heteroatoms. The maximum absolute atomic E-state index is 12.9. The van der Waals surface area contributed by atoms with Crippen LogP contribution >= 0.6 is 0 Å². The summed E-state index contributed by atoms with van der Waals surface area (Å²) in [6.45, 7) is 3.58. The molecule has 0 bridgehead atoms. The van der Waals surface area contributed by atoms with E-state index in [4.69, 9.17) is 8.92 Å². The molecule has 0 spiro atoms. The third-order valence-electron chi connectivity index (χ3n) is 3.94. The van der Waals surface area contributed by atoms with E-state index in [-0.39, 0.29) is 24.1 Å².